The fourth-order valence-electron chi connectivity index (χ4n) is 4.34. The maximum absolute atomic E-state index is 13.2. The van der Waals surface area contributed by atoms with Crippen LogP contribution in [0.25, 0.3) is 0 Å². The van der Waals surface area contributed by atoms with Crippen molar-refractivity contribution >= 4 is 11.6 Å². The fourth-order valence-corrected chi connectivity index (χ4v) is 4.34. The Balaban J connectivity index is 1.24. The molecule has 0 aliphatic carbocycles. The summed E-state index contributed by atoms with van der Waals surface area (Å²) in [5.41, 5.74) is 4.65. The zero-order valence-electron chi connectivity index (χ0n) is 18.4. The SMILES string of the molecule is COc1ccc([C@@H]2Cn3nnc(C(=O)N4CCN(c5cccc(C)c5)CC4)c3CO2)cc1. The Kier molecular flexibility index (Phi) is 5.53. The summed E-state index contributed by atoms with van der Waals surface area (Å²) in [6.07, 6.45) is -0.129. The number of aromatic nitrogens is 3. The molecule has 1 amide bonds. The minimum atomic E-state index is -0.129. The van der Waals surface area contributed by atoms with Crippen molar-refractivity contribution in [1.29, 1.82) is 0 Å². The van der Waals surface area contributed by atoms with Gasteiger partial charge in [-0.15, -0.1) is 5.10 Å². The van der Waals surface area contributed by atoms with Crippen LogP contribution in [0.3, 0.4) is 0 Å². The number of nitrogens with zero attached hydrogens (tertiary/aromatic N) is 5. The molecule has 3 aromatic rings. The summed E-state index contributed by atoms with van der Waals surface area (Å²) in [6, 6.07) is 16.3. The van der Waals surface area contributed by atoms with Gasteiger partial charge >= 0.3 is 0 Å². The van der Waals surface area contributed by atoms with E-state index in [-0.39, 0.29) is 12.0 Å². The number of methoxy groups -OCH3 is 1. The number of piperazine rings is 1. The van der Waals surface area contributed by atoms with Crippen LogP contribution in [0.4, 0.5) is 5.69 Å². The first-order valence-corrected chi connectivity index (χ1v) is 10.9. The van der Waals surface area contributed by atoms with Gasteiger partial charge in [0.1, 0.15) is 11.9 Å². The molecular weight excluding hydrogens is 406 g/mol. The molecule has 0 unspecified atom stereocenters. The quantitative estimate of drug-likeness (QED) is 0.630. The third kappa shape index (κ3) is 3.93. The molecule has 5 rings (SSSR count). The molecule has 8 nitrogen and oxygen atoms in total. The highest BCUT2D eigenvalue weighted by Crippen LogP contribution is 2.28. The van der Waals surface area contributed by atoms with Crippen LogP contribution >= 0.6 is 0 Å². The zero-order valence-corrected chi connectivity index (χ0v) is 18.4. The Morgan fingerprint density at radius 2 is 1.88 bits per heavy atom. The number of fused-ring (bicyclic) bond motifs is 1. The van der Waals surface area contributed by atoms with E-state index in [1.54, 1.807) is 11.8 Å². The molecule has 0 bridgehead atoms. The number of hydrogen-bond donors (Lipinski definition) is 0. The average molecular weight is 434 g/mol. The lowest BCUT2D eigenvalue weighted by atomic mass is 10.1. The highest BCUT2D eigenvalue weighted by Gasteiger charge is 2.31. The number of anilines is 1. The van der Waals surface area contributed by atoms with Crippen LogP contribution in [0.5, 0.6) is 5.75 Å². The van der Waals surface area contributed by atoms with E-state index in [0.717, 1.165) is 30.1 Å². The van der Waals surface area contributed by atoms with Crippen molar-refractivity contribution in [2.75, 3.05) is 38.2 Å². The first kappa shape index (κ1) is 20.5. The molecule has 0 spiro atoms. The van der Waals surface area contributed by atoms with Crippen molar-refractivity contribution in [3.63, 3.8) is 0 Å². The van der Waals surface area contributed by atoms with Gasteiger partial charge in [-0.1, -0.05) is 29.5 Å². The predicted molar refractivity (Wildman–Crippen MR) is 120 cm³/mol. The Morgan fingerprint density at radius 3 is 2.59 bits per heavy atom. The van der Waals surface area contributed by atoms with Gasteiger partial charge in [-0.25, -0.2) is 4.68 Å². The molecule has 1 saturated heterocycles. The van der Waals surface area contributed by atoms with E-state index in [2.05, 4.69) is 46.4 Å². The lowest BCUT2D eigenvalue weighted by Crippen LogP contribution is -2.49. The summed E-state index contributed by atoms with van der Waals surface area (Å²) in [6.45, 7) is 5.86. The molecule has 0 saturated carbocycles. The number of benzene rings is 2. The van der Waals surface area contributed by atoms with Crippen LogP contribution in [0.15, 0.2) is 48.5 Å². The smallest absolute Gasteiger partial charge is 0.276 e. The van der Waals surface area contributed by atoms with Crippen LogP contribution in [-0.2, 0) is 17.9 Å². The minimum Gasteiger partial charge on any atom is -0.497 e. The monoisotopic (exact) mass is 433 g/mol. The third-order valence-electron chi connectivity index (χ3n) is 6.22. The number of amides is 1. The number of aryl methyl sites for hydroxylation is 1. The Hall–Kier alpha value is -3.39. The summed E-state index contributed by atoms with van der Waals surface area (Å²) in [5.74, 6) is 0.739. The van der Waals surface area contributed by atoms with Gasteiger partial charge in [-0.3, -0.25) is 4.79 Å². The van der Waals surface area contributed by atoms with Gasteiger partial charge in [0.15, 0.2) is 5.69 Å². The highest BCUT2D eigenvalue weighted by atomic mass is 16.5. The van der Waals surface area contributed by atoms with Crippen LogP contribution < -0.4 is 9.64 Å². The van der Waals surface area contributed by atoms with Crippen LogP contribution in [0.1, 0.15) is 33.4 Å². The molecule has 1 fully saturated rings. The summed E-state index contributed by atoms with van der Waals surface area (Å²) < 4.78 is 13.1. The van der Waals surface area contributed by atoms with E-state index in [0.29, 0.717) is 31.9 Å². The standard InChI is InChI=1S/C24H27N5O3/c1-17-4-3-5-19(14-17)27-10-12-28(13-11-27)24(30)23-21-16-32-22(15-29(21)26-25-23)18-6-8-20(31-2)9-7-18/h3-9,14,22H,10-13,15-16H2,1-2H3/t22-/m0/s1. The summed E-state index contributed by atoms with van der Waals surface area (Å²) in [5, 5.41) is 8.48. The Labute approximate surface area is 187 Å². The van der Waals surface area contributed by atoms with Crippen molar-refractivity contribution < 1.29 is 14.3 Å². The van der Waals surface area contributed by atoms with Crippen molar-refractivity contribution in [3.05, 3.63) is 71.0 Å². The minimum absolute atomic E-state index is 0.0679. The summed E-state index contributed by atoms with van der Waals surface area (Å²) in [4.78, 5) is 17.4. The molecule has 2 aromatic carbocycles. The molecule has 32 heavy (non-hydrogen) atoms. The third-order valence-corrected chi connectivity index (χ3v) is 6.22. The first-order chi connectivity index (χ1) is 15.6. The topological polar surface area (TPSA) is 72.7 Å². The Morgan fingerprint density at radius 1 is 1.09 bits per heavy atom. The van der Waals surface area contributed by atoms with Crippen molar-refractivity contribution in [3.8, 4) is 5.75 Å². The molecule has 2 aliphatic rings. The molecule has 0 N–H and O–H groups in total. The largest absolute Gasteiger partial charge is 0.497 e. The van der Waals surface area contributed by atoms with E-state index < -0.39 is 0 Å². The van der Waals surface area contributed by atoms with Gasteiger partial charge in [0.05, 0.1) is 26.0 Å². The molecular formula is C24H27N5O3. The van der Waals surface area contributed by atoms with Crippen LogP contribution in [0, 0.1) is 6.92 Å². The number of hydrogen-bond acceptors (Lipinski definition) is 6. The second-order valence-electron chi connectivity index (χ2n) is 8.26. The average Bonchev–Trinajstić information content (AvgIpc) is 3.27. The predicted octanol–water partition coefficient (Wildman–Crippen LogP) is 2.83. The molecule has 0 radical (unpaired) electrons. The number of carbonyl (C=O) groups is 1. The van der Waals surface area contributed by atoms with Crippen molar-refractivity contribution in [2.24, 2.45) is 0 Å². The maximum Gasteiger partial charge on any atom is 0.276 e. The summed E-state index contributed by atoms with van der Waals surface area (Å²) in [7, 11) is 1.65. The van der Waals surface area contributed by atoms with E-state index in [9.17, 15) is 4.79 Å². The second-order valence-corrected chi connectivity index (χ2v) is 8.26. The number of rotatable bonds is 4. The zero-order chi connectivity index (χ0) is 22.1. The number of ether oxygens (including phenoxy) is 2. The Bertz CT molecular complexity index is 1100. The normalized spacial score (nSPS) is 18.4. The maximum atomic E-state index is 13.2. The van der Waals surface area contributed by atoms with Crippen LogP contribution in [-0.4, -0.2) is 59.1 Å². The molecule has 166 valence electrons. The van der Waals surface area contributed by atoms with Crippen molar-refractivity contribution in [1.82, 2.24) is 19.9 Å². The molecule has 1 aromatic heterocycles. The van der Waals surface area contributed by atoms with Crippen molar-refractivity contribution in [2.45, 2.75) is 26.2 Å². The van der Waals surface area contributed by atoms with Gasteiger partial charge in [0.25, 0.3) is 5.91 Å². The summed E-state index contributed by atoms with van der Waals surface area (Å²) >= 11 is 0. The molecule has 2 aliphatic heterocycles. The lowest BCUT2D eigenvalue weighted by Gasteiger charge is -2.36. The highest BCUT2D eigenvalue weighted by molar-refractivity contribution is 5.93. The lowest BCUT2D eigenvalue weighted by molar-refractivity contribution is -0.00198. The van der Waals surface area contributed by atoms with E-state index >= 15 is 0 Å². The molecule has 8 heteroatoms. The van der Waals surface area contributed by atoms with Gasteiger partial charge < -0.3 is 19.3 Å². The van der Waals surface area contributed by atoms with Gasteiger partial charge in [0.2, 0.25) is 0 Å². The van der Waals surface area contributed by atoms with Gasteiger partial charge in [-0.05, 0) is 42.3 Å². The fraction of sp³-hybridized carbons (Fsp3) is 0.375. The molecule has 3 heterocycles. The first-order valence-electron chi connectivity index (χ1n) is 10.9. The van der Waals surface area contributed by atoms with E-state index in [1.165, 1.54) is 11.3 Å². The van der Waals surface area contributed by atoms with Crippen LogP contribution in [0.2, 0.25) is 0 Å². The van der Waals surface area contributed by atoms with Gasteiger partial charge in [0, 0.05) is 31.9 Å². The number of carbonyl (C=O) groups excluding carboxylic acids is 1. The van der Waals surface area contributed by atoms with E-state index in [4.69, 9.17) is 9.47 Å². The second kappa shape index (κ2) is 8.63. The molecule has 1 atom stereocenters. The van der Waals surface area contributed by atoms with E-state index in [1.807, 2.05) is 29.2 Å². The van der Waals surface area contributed by atoms with Gasteiger partial charge in [-0.2, -0.15) is 0 Å².